The molecule has 6 nitrogen and oxygen atoms in total. The standard InChI is InChI=1S/C62H39BN6Se/c1-2-16-40(17-3-1)41-30-32-42(33-31-41)69-58-34-43(66-52-24-10-4-18-46(52)47-19-5-11-25-53(47)66)35-59-62(58)63(64-38-44(36-60(64)69)67-54-26-12-6-20-48(54)49-21-7-13-27-55(49)67)65-39-45(37-61(65)70-59)68-56-28-14-8-22-50(56)51-23-9-15-29-57(51)68/h1-39H. The van der Waals surface area contributed by atoms with Gasteiger partial charge in [-0.05, 0) is 0 Å². The van der Waals surface area contributed by atoms with Crippen LogP contribution in [0, 0.1) is 0 Å². The van der Waals surface area contributed by atoms with E-state index in [9.17, 15) is 0 Å². The zero-order chi connectivity index (χ0) is 45.6. The van der Waals surface area contributed by atoms with Gasteiger partial charge in [-0.25, -0.2) is 0 Å². The second-order valence-corrected chi connectivity index (χ2v) is 20.8. The fourth-order valence-corrected chi connectivity index (χ4v) is 14.4. The van der Waals surface area contributed by atoms with Gasteiger partial charge in [-0.3, -0.25) is 0 Å². The number of fused-ring (bicyclic) bond motifs is 13. The van der Waals surface area contributed by atoms with Gasteiger partial charge >= 0.3 is 412 Å². The molecule has 14 aromatic rings. The third-order valence-electron chi connectivity index (χ3n) is 14.9. The van der Waals surface area contributed by atoms with E-state index in [0.717, 1.165) is 17.2 Å². The molecule has 2 aliphatic rings. The SMILES string of the molecule is c1ccc(-c2ccc(N3c4cc(-n5c6ccccc6c6ccccc65)cc5c4B(n4cc(-n6c7ccccc7c7ccccc76)cc4[Se]5)n4cc(-n5c6ccccc6c6ccccc65)cc43)cc2)cc1. The van der Waals surface area contributed by atoms with Crippen molar-refractivity contribution < 1.29 is 0 Å². The normalized spacial score (nSPS) is 13.0. The Labute approximate surface area is 409 Å². The van der Waals surface area contributed by atoms with Crippen LogP contribution in [-0.2, 0) is 0 Å². The predicted molar refractivity (Wildman–Crippen MR) is 293 cm³/mol. The maximum absolute atomic E-state index is 2.60. The summed E-state index contributed by atoms with van der Waals surface area (Å²) in [7, 11) is 0. The second kappa shape index (κ2) is 14.4. The minimum atomic E-state index is -0.152. The summed E-state index contributed by atoms with van der Waals surface area (Å²) in [6, 6.07) is 83.0. The van der Waals surface area contributed by atoms with Crippen molar-refractivity contribution in [2.45, 2.75) is 0 Å². The number of hydrogen-bond donors (Lipinski definition) is 0. The van der Waals surface area contributed by atoms with Crippen LogP contribution in [0.1, 0.15) is 0 Å². The zero-order valence-electron chi connectivity index (χ0n) is 37.7. The molecule has 0 fully saturated rings. The number of nitrogens with zero attached hydrogens (tertiary/aromatic N) is 6. The Kier molecular flexibility index (Phi) is 7.89. The molecule has 0 atom stereocenters. The number of anilines is 3. The molecule has 0 N–H and O–H groups in total. The average Bonchev–Trinajstić information content (AvgIpc) is 4.25. The van der Waals surface area contributed by atoms with E-state index in [1.807, 2.05) is 0 Å². The van der Waals surface area contributed by atoms with Gasteiger partial charge in [0.05, 0.1) is 0 Å². The number of aromatic nitrogens is 5. The van der Waals surface area contributed by atoms with Gasteiger partial charge in [-0.15, -0.1) is 0 Å². The van der Waals surface area contributed by atoms with Gasteiger partial charge in [-0.1, -0.05) is 0 Å². The molecule has 0 unspecified atom stereocenters. The molecule has 326 valence electrons. The number of rotatable bonds is 5. The molecule has 2 aliphatic heterocycles. The van der Waals surface area contributed by atoms with Crippen LogP contribution in [0.4, 0.5) is 17.2 Å². The predicted octanol–water partition coefficient (Wildman–Crippen LogP) is 12.8. The molecular formula is C62H39BN6Se. The summed E-state index contributed by atoms with van der Waals surface area (Å²) < 4.78 is 15.3. The second-order valence-electron chi connectivity index (χ2n) is 18.6. The van der Waals surface area contributed by atoms with Crippen LogP contribution in [0.15, 0.2) is 237 Å². The first-order chi connectivity index (χ1) is 34.7. The Morgan fingerprint density at radius 2 is 0.743 bits per heavy atom. The Hall–Kier alpha value is -8.68. The van der Waals surface area contributed by atoms with Crippen molar-refractivity contribution in [3.63, 3.8) is 0 Å². The fraction of sp³-hybridized carbons (Fsp3) is 0. The van der Waals surface area contributed by atoms with Crippen molar-refractivity contribution in [3.05, 3.63) is 237 Å². The summed E-state index contributed by atoms with van der Waals surface area (Å²) in [6.45, 7) is -0.152. The zero-order valence-corrected chi connectivity index (χ0v) is 39.4. The molecule has 70 heavy (non-hydrogen) atoms. The van der Waals surface area contributed by atoms with Crippen molar-refractivity contribution >= 4 is 119 Å². The third-order valence-corrected chi connectivity index (χ3v) is 17.2. The monoisotopic (exact) mass is 958 g/mol. The van der Waals surface area contributed by atoms with E-state index in [1.54, 1.807) is 0 Å². The van der Waals surface area contributed by atoms with Crippen LogP contribution in [-0.4, -0.2) is 44.6 Å². The van der Waals surface area contributed by atoms with Gasteiger partial charge in [0.2, 0.25) is 0 Å². The number of para-hydroxylation sites is 6. The summed E-state index contributed by atoms with van der Waals surface area (Å²) in [5, 5.41) is 7.56. The van der Waals surface area contributed by atoms with Crippen LogP contribution >= 0.6 is 0 Å². The van der Waals surface area contributed by atoms with Gasteiger partial charge in [-0.2, -0.15) is 0 Å². The van der Waals surface area contributed by atoms with Crippen LogP contribution in [0.25, 0.3) is 93.6 Å². The van der Waals surface area contributed by atoms with Crippen molar-refractivity contribution in [1.82, 2.24) is 22.7 Å². The maximum atomic E-state index is 2.60. The average molecular weight is 958 g/mol. The van der Waals surface area contributed by atoms with Gasteiger partial charge < -0.3 is 0 Å². The molecule has 0 radical (unpaired) electrons. The number of benzene rings is 9. The summed E-state index contributed by atoms with van der Waals surface area (Å²) in [5.41, 5.74) is 16.8. The fourth-order valence-electron chi connectivity index (χ4n) is 12.0. The Morgan fingerprint density at radius 1 is 0.329 bits per heavy atom. The molecule has 0 saturated heterocycles. The van der Waals surface area contributed by atoms with E-state index >= 15 is 0 Å². The molecule has 9 aromatic carbocycles. The van der Waals surface area contributed by atoms with Gasteiger partial charge in [0.1, 0.15) is 0 Å². The van der Waals surface area contributed by atoms with Crippen molar-refractivity contribution in [2.24, 2.45) is 0 Å². The quantitative estimate of drug-likeness (QED) is 0.158. The molecule has 16 rings (SSSR count). The first-order valence-corrected chi connectivity index (χ1v) is 25.7. The molecule has 0 bridgehead atoms. The molecule has 0 amide bonds. The summed E-state index contributed by atoms with van der Waals surface area (Å²) >= 11 is -0.0461. The molecule has 0 spiro atoms. The van der Waals surface area contributed by atoms with E-state index in [1.165, 1.54) is 108 Å². The number of hydrogen-bond acceptors (Lipinski definition) is 1. The summed E-state index contributed by atoms with van der Waals surface area (Å²) in [4.78, 5) is 2.54. The molecular weight excluding hydrogens is 918 g/mol. The first-order valence-electron chi connectivity index (χ1n) is 23.9. The van der Waals surface area contributed by atoms with Crippen LogP contribution < -0.4 is 19.4 Å². The van der Waals surface area contributed by atoms with Crippen molar-refractivity contribution in [3.8, 4) is 28.2 Å². The molecule has 7 heterocycles. The molecule has 8 heteroatoms. The minimum absolute atomic E-state index is 0.0461. The Morgan fingerprint density at radius 3 is 1.24 bits per heavy atom. The van der Waals surface area contributed by atoms with E-state index in [2.05, 4.69) is 264 Å². The van der Waals surface area contributed by atoms with Crippen LogP contribution in [0.5, 0.6) is 0 Å². The van der Waals surface area contributed by atoms with E-state index in [4.69, 9.17) is 0 Å². The molecule has 0 saturated carbocycles. The van der Waals surface area contributed by atoms with Gasteiger partial charge in [0.15, 0.2) is 0 Å². The van der Waals surface area contributed by atoms with Gasteiger partial charge in [0, 0.05) is 0 Å². The van der Waals surface area contributed by atoms with E-state index in [-0.39, 0.29) is 21.9 Å². The van der Waals surface area contributed by atoms with E-state index < -0.39 is 0 Å². The van der Waals surface area contributed by atoms with Gasteiger partial charge in [0.25, 0.3) is 0 Å². The van der Waals surface area contributed by atoms with Crippen molar-refractivity contribution in [2.75, 3.05) is 4.90 Å². The van der Waals surface area contributed by atoms with Crippen LogP contribution in [0.2, 0.25) is 0 Å². The van der Waals surface area contributed by atoms with Crippen LogP contribution in [0.3, 0.4) is 0 Å². The molecule has 0 aliphatic carbocycles. The van der Waals surface area contributed by atoms with E-state index in [0.29, 0.717) is 0 Å². The Bertz CT molecular complexity index is 4310. The Balaban J connectivity index is 0.998. The summed E-state index contributed by atoms with van der Waals surface area (Å²) in [5.74, 6) is 1.11. The summed E-state index contributed by atoms with van der Waals surface area (Å²) in [6.07, 6.45) is 4.85. The van der Waals surface area contributed by atoms with Crippen molar-refractivity contribution in [1.29, 1.82) is 0 Å². The third kappa shape index (κ3) is 5.29. The first kappa shape index (κ1) is 38.3. The topological polar surface area (TPSA) is 27.9 Å². The molecule has 5 aromatic heterocycles.